The Balaban J connectivity index is 1.17. The molecule has 0 N–H and O–H groups in total. The summed E-state index contributed by atoms with van der Waals surface area (Å²) in [5.74, 6) is 0.295. The van der Waals surface area contributed by atoms with E-state index in [9.17, 15) is 0 Å². The van der Waals surface area contributed by atoms with Crippen LogP contribution in [0.5, 0.6) is 0 Å². The molecule has 0 radical (unpaired) electrons. The summed E-state index contributed by atoms with van der Waals surface area (Å²) in [6.45, 7) is 0. The van der Waals surface area contributed by atoms with Crippen molar-refractivity contribution in [2.45, 2.75) is 12.3 Å². The van der Waals surface area contributed by atoms with Gasteiger partial charge in [-0.15, -0.1) is 0 Å². The van der Waals surface area contributed by atoms with Crippen LogP contribution in [0.3, 0.4) is 0 Å². The topological polar surface area (TPSA) is 21.3 Å². The predicted molar refractivity (Wildman–Crippen MR) is 206 cm³/mol. The number of anilines is 3. The van der Waals surface area contributed by atoms with Crippen molar-refractivity contribution in [3.63, 3.8) is 0 Å². The zero-order valence-electron chi connectivity index (χ0n) is 26.8. The smallest absolute Gasteiger partial charge is 0.137 e. The van der Waals surface area contributed by atoms with E-state index >= 15 is 0 Å². The number of para-hydroxylation sites is 3. The van der Waals surface area contributed by atoms with E-state index in [1.807, 2.05) is 12.1 Å². The average Bonchev–Trinajstić information content (AvgIpc) is 3.72. The molecule has 7 aromatic carbocycles. The molecular formula is C46H32N2O. The van der Waals surface area contributed by atoms with Crippen LogP contribution in [0.4, 0.5) is 17.1 Å². The van der Waals surface area contributed by atoms with Gasteiger partial charge in [-0.1, -0.05) is 115 Å². The summed E-state index contributed by atoms with van der Waals surface area (Å²) < 4.78 is 8.82. The maximum Gasteiger partial charge on any atom is 0.137 e. The minimum atomic E-state index is 0.295. The molecule has 2 aromatic heterocycles. The summed E-state index contributed by atoms with van der Waals surface area (Å²) in [7, 11) is 0. The third-order valence-corrected chi connectivity index (χ3v) is 10.1. The highest BCUT2D eigenvalue weighted by Crippen LogP contribution is 2.44. The van der Waals surface area contributed by atoms with E-state index in [0.29, 0.717) is 5.92 Å². The number of hydrogen-bond donors (Lipinski definition) is 0. The summed E-state index contributed by atoms with van der Waals surface area (Å²) >= 11 is 0. The fourth-order valence-corrected chi connectivity index (χ4v) is 7.85. The largest absolute Gasteiger partial charge is 0.456 e. The second kappa shape index (κ2) is 11.1. The van der Waals surface area contributed by atoms with Gasteiger partial charge in [0.1, 0.15) is 11.2 Å². The number of rotatable bonds is 5. The number of hydrogen-bond acceptors (Lipinski definition) is 2. The zero-order valence-corrected chi connectivity index (χ0v) is 26.8. The molecule has 0 aliphatic heterocycles. The van der Waals surface area contributed by atoms with Gasteiger partial charge in [0.05, 0.1) is 11.0 Å². The van der Waals surface area contributed by atoms with Crippen molar-refractivity contribution in [2.24, 2.45) is 0 Å². The standard InChI is InChI=1S/C46H32N2O/c1-2-12-31(13-3-1)36-15-6-9-19-42(36)47(35-27-29-40-39-18-8-11-21-44(39)49-45(40)30-35)33-23-25-34(26-24-33)48-43-20-10-7-17-38(43)41-28-22-32-14-4-5-16-37(32)46(41)48/h1-12,14-31H,13H2. The quantitative estimate of drug-likeness (QED) is 0.189. The summed E-state index contributed by atoms with van der Waals surface area (Å²) in [4.78, 5) is 2.39. The second-order valence-electron chi connectivity index (χ2n) is 12.9. The molecule has 2 heterocycles. The molecule has 1 atom stereocenters. The van der Waals surface area contributed by atoms with Gasteiger partial charge >= 0.3 is 0 Å². The molecule has 232 valence electrons. The second-order valence-corrected chi connectivity index (χ2v) is 12.9. The number of benzene rings is 7. The first-order valence-corrected chi connectivity index (χ1v) is 17.0. The van der Waals surface area contributed by atoms with Gasteiger partial charge < -0.3 is 13.9 Å². The van der Waals surface area contributed by atoms with Crippen LogP contribution in [0.25, 0.3) is 60.2 Å². The average molecular weight is 629 g/mol. The van der Waals surface area contributed by atoms with Gasteiger partial charge in [-0.3, -0.25) is 0 Å². The van der Waals surface area contributed by atoms with Gasteiger partial charge in [-0.25, -0.2) is 0 Å². The number of furan rings is 1. The minimum absolute atomic E-state index is 0.295. The third-order valence-electron chi connectivity index (χ3n) is 10.1. The van der Waals surface area contributed by atoms with Crippen molar-refractivity contribution in [3.8, 4) is 5.69 Å². The number of aromatic nitrogens is 1. The lowest BCUT2D eigenvalue weighted by Crippen LogP contribution is -2.13. The Bertz CT molecular complexity index is 2760. The molecule has 1 unspecified atom stereocenters. The van der Waals surface area contributed by atoms with E-state index in [-0.39, 0.29) is 0 Å². The lowest BCUT2D eigenvalue weighted by Gasteiger charge is -2.30. The van der Waals surface area contributed by atoms with Gasteiger partial charge in [0, 0.05) is 61.7 Å². The molecule has 0 fully saturated rings. The van der Waals surface area contributed by atoms with Crippen molar-refractivity contribution in [3.05, 3.63) is 182 Å². The first kappa shape index (κ1) is 27.8. The summed E-state index contributed by atoms with van der Waals surface area (Å²) in [5.41, 5.74) is 9.98. The molecule has 3 nitrogen and oxygen atoms in total. The van der Waals surface area contributed by atoms with E-state index in [1.54, 1.807) is 0 Å². The van der Waals surface area contributed by atoms with Crippen LogP contribution in [0.2, 0.25) is 0 Å². The van der Waals surface area contributed by atoms with Gasteiger partial charge in [0.15, 0.2) is 0 Å². The Hall–Kier alpha value is -6.32. The fraction of sp³-hybridized carbons (Fsp3) is 0.0435. The van der Waals surface area contributed by atoms with Crippen molar-refractivity contribution in [1.82, 2.24) is 4.57 Å². The number of nitrogens with zero attached hydrogens (tertiary/aromatic N) is 2. The normalized spacial score (nSPS) is 14.5. The maximum absolute atomic E-state index is 6.40. The minimum Gasteiger partial charge on any atom is -0.456 e. The van der Waals surface area contributed by atoms with Crippen LogP contribution in [-0.4, -0.2) is 4.57 Å². The van der Waals surface area contributed by atoms with Crippen molar-refractivity contribution >= 4 is 71.6 Å². The Morgan fingerprint density at radius 2 is 1.27 bits per heavy atom. The van der Waals surface area contributed by atoms with Gasteiger partial charge in [0.25, 0.3) is 0 Å². The van der Waals surface area contributed by atoms with E-state index in [1.165, 1.54) is 43.8 Å². The Morgan fingerprint density at radius 1 is 0.551 bits per heavy atom. The van der Waals surface area contributed by atoms with Crippen molar-refractivity contribution < 1.29 is 4.42 Å². The molecule has 0 saturated heterocycles. The van der Waals surface area contributed by atoms with Gasteiger partial charge in [-0.05, 0) is 72.0 Å². The molecular weight excluding hydrogens is 597 g/mol. The maximum atomic E-state index is 6.40. The molecule has 49 heavy (non-hydrogen) atoms. The lowest BCUT2D eigenvalue weighted by molar-refractivity contribution is 0.669. The van der Waals surface area contributed by atoms with E-state index in [2.05, 4.69) is 173 Å². The Morgan fingerprint density at radius 3 is 2.14 bits per heavy atom. The fourth-order valence-electron chi connectivity index (χ4n) is 7.85. The number of fused-ring (bicyclic) bond motifs is 8. The number of allylic oxidation sites excluding steroid dienone is 4. The van der Waals surface area contributed by atoms with Crippen LogP contribution in [0.15, 0.2) is 180 Å². The van der Waals surface area contributed by atoms with E-state index in [4.69, 9.17) is 4.42 Å². The Labute approximate surface area is 284 Å². The lowest BCUT2D eigenvalue weighted by atomic mass is 9.90. The van der Waals surface area contributed by atoms with Crippen LogP contribution < -0.4 is 4.90 Å². The van der Waals surface area contributed by atoms with Gasteiger partial charge in [0.2, 0.25) is 0 Å². The molecule has 0 amide bonds. The molecule has 0 spiro atoms. The molecule has 1 aliphatic rings. The van der Waals surface area contributed by atoms with E-state index in [0.717, 1.165) is 45.4 Å². The molecule has 3 heteroatoms. The predicted octanol–water partition coefficient (Wildman–Crippen LogP) is 12.9. The highest BCUT2D eigenvalue weighted by atomic mass is 16.3. The monoisotopic (exact) mass is 628 g/mol. The molecule has 1 aliphatic carbocycles. The summed E-state index contributed by atoms with van der Waals surface area (Å²) in [5, 5.41) is 7.29. The van der Waals surface area contributed by atoms with Crippen LogP contribution in [-0.2, 0) is 0 Å². The van der Waals surface area contributed by atoms with Crippen LogP contribution in [0.1, 0.15) is 17.9 Å². The summed E-state index contributed by atoms with van der Waals surface area (Å²) in [6.07, 6.45) is 9.86. The Kier molecular flexibility index (Phi) is 6.31. The SMILES string of the molecule is C1=CCC(c2ccccc2N(c2ccc(-n3c4ccccc4c4ccc5ccccc5c43)cc2)c2ccc3c(c2)oc2ccccc23)C=C1. The van der Waals surface area contributed by atoms with Crippen LogP contribution in [0, 0.1) is 0 Å². The first-order valence-electron chi connectivity index (χ1n) is 17.0. The summed E-state index contributed by atoms with van der Waals surface area (Å²) in [6, 6.07) is 54.7. The molecule has 10 rings (SSSR count). The van der Waals surface area contributed by atoms with Crippen LogP contribution >= 0.6 is 0 Å². The highest BCUT2D eigenvalue weighted by molar-refractivity contribution is 6.18. The van der Waals surface area contributed by atoms with Crippen molar-refractivity contribution in [1.29, 1.82) is 0 Å². The molecule has 9 aromatic rings. The van der Waals surface area contributed by atoms with E-state index < -0.39 is 0 Å². The van der Waals surface area contributed by atoms with Crippen molar-refractivity contribution in [2.75, 3.05) is 4.90 Å². The molecule has 0 saturated carbocycles. The highest BCUT2D eigenvalue weighted by Gasteiger charge is 2.22. The van der Waals surface area contributed by atoms with Gasteiger partial charge in [-0.2, -0.15) is 0 Å². The third kappa shape index (κ3) is 4.43. The molecule has 0 bridgehead atoms. The first-order chi connectivity index (χ1) is 24.3. The zero-order chi connectivity index (χ0) is 32.3.